The maximum Gasteiger partial charge on any atom is 0.212 e. The summed E-state index contributed by atoms with van der Waals surface area (Å²) in [6, 6.07) is 33.3. The van der Waals surface area contributed by atoms with Crippen molar-refractivity contribution in [3.05, 3.63) is 132 Å². The van der Waals surface area contributed by atoms with E-state index in [-0.39, 0.29) is 10.8 Å². The molecule has 0 radical (unpaired) electrons. The topological polar surface area (TPSA) is 40.4 Å². The molecule has 0 aromatic heterocycles. The molecule has 0 aliphatic carbocycles. The third kappa shape index (κ3) is 3.69. The number of nitrogens with zero attached hydrogens (tertiary/aromatic N) is 4. The summed E-state index contributed by atoms with van der Waals surface area (Å²) in [6.45, 7) is 9.18. The molecule has 0 saturated carbocycles. The minimum absolute atomic E-state index is 0.164. The average molecular weight is 553 g/mol. The van der Waals surface area contributed by atoms with Gasteiger partial charge in [0.15, 0.2) is 0 Å². The quantitative estimate of drug-likeness (QED) is 0.238. The van der Waals surface area contributed by atoms with E-state index in [0.29, 0.717) is 0 Å². The molecule has 3 aliphatic heterocycles. The molecule has 3 aliphatic rings. The highest BCUT2D eigenvalue weighted by Gasteiger charge is 2.58. The minimum Gasteiger partial charge on any atom is -0.463 e. The molecular weight excluding hydrogens is 516 g/mol. The molecule has 210 valence electrons. The van der Waals surface area contributed by atoms with Crippen LogP contribution < -0.4 is 14.5 Å². The number of rotatable bonds is 3. The molecule has 4 aromatic carbocycles. The summed E-state index contributed by atoms with van der Waals surface area (Å²) in [5.41, 5.74) is 8.82. The highest BCUT2D eigenvalue weighted by atomic mass is 16.5. The molecule has 4 aromatic rings. The molecule has 3 heterocycles. The summed E-state index contributed by atoms with van der Waals surface area (Å²) >= 11 is 0. The van der Waals surface area contributed by atoms with Crippen LogP contribution in [0.5, 0.6) is 5.75 Å². The SMILES string of the molecule is CN1/C(=C/C2=CC3(Oc4ccc(N=Nc5ccccc5)cc42)N(C)c2ccccc2C3(C)C)C(C)(C)c2ccccc21. The van der Waals surface area contributed by atoms with Crippen LogP contribution in [0.1, 0.15) is 44.4 Å². The lowest BCUT2D eigenvalue weighted by Gasteiger charge is -2.46. The van der Waals surface area contributed by atoms with E-state index < -0.39 is 5.72 Å². The van der Waals surface area contributed by atoms with Gasteiger partial charge < -0.3 is 14.5 Å². The van der Waals surface area contributed by atoms with Crippen LogP contribution in [-0.4, -0.2) is 19.8 Å². The average Bonchev–Trinajstić information content (AvgIpc) is 3.29. The highest BCUT2D eigenvalue weighted by Crippen LogP contribution is 2.56. The molecule has 5 heteroatoms. The van der Waals surface area contributed by atoms with Crippen molar-refractivity contribution in [2.24, 2.45) is 10.2 Å². The maximum absolute atomic E-state index is 7.08. The number of fused-ring (bicyclic) bond motifs is 3. The number of likely N-dealkylation sites (N-methyl/N-ethyl adjacent to an activating group) is 2. The third-order valence-corrected chi connectivity index (χ3v) is 9.49. The normalized spacial score (nSPS) is 22.2. The van der Waals surface area contributed by atoms with Crippen LogP contribution in [0.2, 0.25) is 0 Å². The van der Waals surface area contributed by atoms with Crippen molar-refractivity contribution in [3.8, 4) is 5.75 Å². The first-order valence-corrected chi connectivity index (χ1v) is 14.6. The Morgan fingerprint density at radius 1 is 0.690 bits per heavy atom. The molecular formula is C37H36N4O. The van der Waals surface area contributed by atoms with Gasteiger partial charge in [0.05, 0.1) is 16.8 Å². The van der Waals surface area contributed by atoms with Crippen molar-refractivity contribution in [3.63, 3.8) is 0 Å². The molecule has 0 saturated heterocycles. The van der Waals surface area contributed by atoms with Crippen molar-refractivity contribution in [2.75, 3.05) is 23.9 Å². The summed E-state index contributed by atoms with van der Waals surface area (Å²) in [6.07, 6.45) is 4.68. The van der Waals surface area contributed by atoms with Crippen LogP contribution in [0, 0.1) is 0 Å². The second-order valence-electron chi connectivity index (χ2n) is 12.5. The first kappa shape index (κ1) is 26.3. The summed E-state index contributed by atoms with van der Waals surface area (Å²) in [5, 5.41) is 9.07. The Bertz CT molecular complexity index is 1800. The monoisotopic (exact) mass is 552 g/mol. The number of allylic oxidation sites excluding steroid dienone is 3. The van der Waals surface area contributed by atoms with Crippen LogP contribution in [-0.2, 0) is 10.8 Å². The summed E-state index contributed by atoms with van der Waals surface area (Å²) in [7, 11) is 4.31. The fourth-order valence-corrected chi connectivity index (χ4v) is 7.08. The lowest BCUT2D eigenvalue weighted by Crippen LogP contribution is -2.58. The second kappa shape index (κ2) is 9.18. The predicted molar refractivity (Wildman–Crippen MR) is 172 cm³/mol. The Labute approximate surface area is 248 Å². The van der Waals surface area contributed by atoms with Gasteiger partial charge in [-0.15, -0.1) is 0 Å². The number of ether oxygens (including phenoxy) is 1. The second-order valence-corrected chi connectivity index (χ2v) is 12.5. The molecule has 5 nitrogen and oxygen atoms in total. The Balaban J connectivity index is 1.41. The van der Waals surface area contributed by atoms with Gasteiger partial charge in [-0.2, -0.15) is 10.2 Å². The third-order valence-electron chi connectivity index (χ3n) is 9.49. The van der Waals surface area contributed by atoms with Gasteiger partial charge in [0.1, 0.15) is 5.75 Å². The standard InChI is InChI=1S/C37H36N4O/c1-35(2)29-16-10-12-18-31(29)40(5)34(35)22-25-24-37(36(3,4)30-17-11-13-19-32(30)41(37)6)42-33-21-20-27(23-28(25)33)39-38-26-14-8-7-9-15-26/h7-24H,1-6H3/b34-22+,39-38?. The largest absolute Gasteiger partial charge is 0.463 e. The Morgan fingerprint density at radius 3 is 2.05 bits per heavy atom. The first-order chi connectivity index (χ1) is 20.1. The van der Waals surface area contributed by atoms with Crippen LogP contribution in [0.4, 0.5) is 22.7 Å². The molecule has 7 rings (SSSR count). The van der Waals surface area contributed by atoms with Crippen LogP contribution in [0.25, 0.3) is 5.57 Å². The van der Waals surface area contributed by atoms with Gasteiger partial charge in [-0.25, -0.2) is 0 Å². The molecule has 1 atom stereocenters. The molecule has 0 N–H and O–H groups in total. The lowest BCUT2D eigenvalue weighted by atomic mass is 9.75. The van der Waals surface area contributed by atoms with E-state index in [2.05, 4.69) is 129 Å². The van der Waals surface area contributed by atoms with Gasteiger partial charge in [-0.05, 0) is 85.2 Å². The van der Waals surface area contributed by atoms with Gasteiger partial charge in [-0.3, -0.25) is 0 Å². The van der Waals surface area contributed by atoms with Gasteiger partial charge in [-0.1, -0.05) is 68.4 Å². The van der Waals surface area contributed by atoms with Gasteiger partial charge in [0.2, 0.25) is 5.72 Å². The van der Waals surface area contributed by atoms with Crippen molar-refractivity contribution in [1.29, 1.82) is 0 Å². The summed E-state index contributed by atoms with van der Waals surface area (Å²) < 4.78 is 7.08. The number of benzene rings is 4. The molecule has 0 fully saturated rings. The van der Waals surface area contributed by atoms with E-state index in [4.69, 9.17) is 4.74 Å². The van der Waals surface area contributed by atoms with Crippen molar-refractivity contribution >= 4 is 28.3 Å². The highest BCUT2D eigenvalue weighted by molar-refractivity contribution is 5.86. The van der Waals surface area contributed by atoms with Crippen molar-refractivity contribution in [2.45, 2.75) is 44.2 Å². The van der Waals surface area contributed by atoms with Gasteiger partial charge in [0, 0.05) is 42.1 Å². The van der Waals surface area contributed by atoms with E-state index in [0.717, 1.165) is 28.3 Å². The summed E-state index contributed by atoms with van der Waals surface area (Å²) in [4.78, 5) is 4.63. The molecule has 0 bridgehead atoms. The fourth-order valence-electron chi connectivity index (χ4n) is 7.08. The summed E-state index contributed by atoms with van der Waals surface area (Å²) in [5.74, 6) is 0.840. The van der Waals surface area contributed by atoms with Crippen molar-refractivity contribution < 1.29 is 4.74 Å². The zero-order chi connectivity index (χ0) is 29.3. The van der Waals surface area contributed by atoms with Gasteiger partial charge >= 0.3 is 0 Å². The number of anilines is 2. The Hall–Kier alpha value is -4.64. The van der Waals surface area contributed by atoms with E-state index in [9.17, 15) is 0 Å². The van der Waals surface area contributed by atoms with Crippen LogP contribution >= 0.6 is 0 Å². The zero-order valence-corrected chi connectivity index (χ0v) is 25.1. The fraction of sp³-hybridized carbons (Fsp3) is 0.243. The Kier molecular flexibility index (Phi) is 5.74. The van der Waals surface area contributed by atoms with E-state index in [1.54, 1.807) is 0 Å². The van der Waals surface area contributed by atoms with E-state index in [1.807, 2.05) is 42.5 Å². The molecule has 1 spiro atoms. The predicted octanol–water partition coefficient (Wildman–Crippen LogP) is 9.31. The van der Waals surface area contributed by atoms with Crippen molar-refractivity contribution in [1.82, 2.24) is 0 Å². The van der Waals surface area contributed by atoms with Crippen LogP contribution in [0.15, 0.2) is 125 Å². The first-order valence-electron chi connectivity index (χ1n) is 14.6. The molecule has 42 heavy (non-hydrogen) atoms. The molecule has 0 amide bonds. The van der Waals surface area contributed by atoms with E-state index in [1.165, 1.54) is 28.2 Å². The van der Waals surface area contributed by atoms with Crippen LogP contribution in [0.3, 0.4) is 0 Å². The van der Waals surface area contributed by atoms with Gasteiger partial charge in [0.25, 0.3) is 0 Å². The van der Waals surface area contributed by atoms with E-state index >= 15 is 0 Å². The number of para-hydroxylation sites is 2. The maximum atomic E-state index is 7.08. The smallest absolute Gasteiger partial charge is 0.212 e. The Morgan fingerprint density at radius 2 is 1.33 bits per heavy atom. The number of azo groups is 1. The number of hydrogen-bond acceptors (Lipinski definition) is 5. The zero-order valence-electron chi connectivity index (χ0n) is 25.1. The molecule has 1 unspecified atom stereocenters. The number of hydrogen-bond donors (Lipinski definition) is 0. The minimum atomic E-state index is -0.711. The lowest BCUT2D eigenvalue weighted by molar-refractivity contribution is 0.0576.